The van der Waals surface area contributed by atoms with Crippen LogP contribution >= 0.6 is 0 Å². The highest BCUT2D eigenvalue weighted by molar-refractivity contribution is 5.95. The summed E-state index contributed by atoms with van der Waals surface area (Å²) in [7, 11) is 0. The fourth-order valence-electron chi connectivity index (χ4n) is 4.41. The Balaban J connectivity index is 1.38. The first kappa shape index (κ1) is 22.0. The number of H-pyrrole nitrogens is 1. The van der Waals surface area contributed by atoms with Crippen LogP contribution in [0.5, 0.6) is 0 Å². The number of aryl methyl sites for hydroxylation is 1. The van der Waals surface area contributed by atoms with Gasteiger partial charge in [0.25, 0.3) is 5.56 Å². The number of benzene rings is 1. The van der Waals surface area contributed by atoms with Crippen LogP contribution in [0.4, 0.5) is 17.2 Å². The molecular weight excluding hydrogens is 454 g/mol. The number of nitrogens with one attached hydrogen (secondary N) is 2. The lowest BCUT2D eigenvalue weighted by molar-refractivity contribution is 0.122. The highest BCUT2D eigenvalue weighted by Gasteiger charge is 2.14. The Labute approximate surface area is 207 Å². The zero-order chi connectivity index (χ0) is 24.5. The number of rotatable bonds is 5. The maximum atomic E-state index is 12.8. The molecule has 0 atom stereocenters. The third-order valence-electron chi connectivity index (χ3n) is 6.23. The van der Waals surface area contributed by atoms with E-state index in [1.54, 1.807) is 12.5 Å². The predicted octanol–water partition coefficient (Wildman–Crippen LogP) is 4.06. The zero-order valence-corrected chi connectivity index (χ0v) is 19.8. The molecule has 1 saturated heterocycles. The number of nitrogens with zero attached hydrogens (tertiary/aromatic N) is 5. The van der Waals surface area contributed by atoms with Crippen LogP contribution in [0.15, 0.2) is 78.1 Å². The van der Waals surface area contributed by atoms with Gasteiger partial charge in [-0.05, 0) is 60.8 Å². The first-order chi connectivity index (χ1) is 17.6. The molecular formula is C27H25N7O2. The maximum Gasteiger partial charge on any atom is 0.259 e. The molecule has 1 aliphatic rings. The molecule has 36 heavy (non-hydrogen) atoms. The smallest absolute Gasteiger partial charge is 0.259 e. The number of anilines is 3. The molecule has 1 fully saturated rings. The van der Waals surface area contributed by atoms with E-state index in [1.807, 2.05) is 60.2 Å². The highest BCUT2D eigenvalue weighted by atomic mass is 16.5. The van der Waals surface area contributed by atoms with Crippen molar-refractivity contribution in [2.75, 3.05) is 36.5 Å². The Morgan fingerprint density at radius 1 is 1.00 bits per heavy atom. The summed E-state index contributed by atoms with van der Waals surface area (Å²) in [4.78, 5) is 31.7. The number of aromatic amines is 1. The minimum absolute atomic E-state index is 0.199. The van der Waals surface area contributed by atoms with E-state index in [-0.39, 0.29) is 5.56 Å². The Hall–Kier alpha value is -4.50. The van der Waals surface area contributed by atoms with Gasteiger partial charge in [-0.15, -0.1) is 0 Å². The van der Waals surface area contributed by atoms with Crippen molar-refractivity contribution in [1.82, 2.24) is 24.5 Å². The molecule has 6 rings (SSSR count). The molecule has 0 spiro atoms. The van der Waals surface area contributed by atoms with Crippen molar-refractivity contribution in [2.45, 2.75) is 6.92 Å². The van der Waals surface area contributed by atoms with Gasteiger partial charge in [0.2, 0.25) is 0 Å². The molecule has 4 aromatic heterocycles. The van der Waals surface area contributed by atoms with Crippen molar-refractivity contribution in [2.24, 2.45) is 0 Å². The van der Waals surface area contributed by atoms with E-state index in [1.165, 1.54) is 0 Å². The van der Waals surface area contributed by atoms with E-state index in [4.69, 9.17) is 14.7 Å². The largest absolute Gasteiger partial charge is 0.378 e. The fraction of sp³-hybridized carbons (Fsp3) is 0.185. The fourth-order valence-corrected chi connectivity index (χ4v) is 4.41. The van der Waals surface area contributed by atoms with Crippen molar-refractivity contribution in [1.29, 1.82) is 0 Å². The predicted molar refractivity (Wildman–Crippen MR) is 140 cm³/mol. The molecule has 0 amide bonds. The van der Waals surface area contributed by atoms with Crippen LogP contribution in [0.25, 0.3) is 28.0 Å². The number of ether oxygens (including phenoxy) is 1. The third kappa shape index (κ3) is 4.32. The van der Waals surface area contributed by atoms with Gasteiger partial charge in [-0.1, -0.05) is 6.07 Å². The van der Waals surface area contributed by atoms with E-state index in [0.29, 0.717) is 22.6 Å². The second kappa shape index (κ2) is 9.27. The van der Waals surface area contributed by atoms with Crippen molar-refractivity contribution in [3.63, 3.8) is 0 Å². The Morgan fingerprint density at radius 2 is 1.83 bits per heavy atom. The minimum atomic E-state index is -0.199. The van der Waals surface area contributed by atoms with Crippen molar-refractivity contribution in [3.05, 3.63) is 89.4 Å². The van der Waals surface area contributed by atoms with Gasteiger partial charge in [-0.3, -0.25) is 9.36 Å². The average Bonchev–Trinajstić information content (AvgIpc) is 3.36. The number of pyridine rings is 3. The molecule has 0 saturated carbocycles. The van der Waals surface area contributed by atoms with E-state index in [9.17, 15) is 4.79 Å². The summed E-state index contributed by atoms with van der Waals surface area (Å²) < 4.78 is 7.33. The van der Waals surface area contributed by atoms with Crippen LogP contribution in [0.2, 0.25) is 0 Å². The molecule has 9 nitrogen and oxygen atoms in total. The van der Waals surface area contributed by atoms with Crippen LogP contribution < -0.4 is 15.8 Å². The maximum absolute atomic E-state index is 12.8. The molecule has 0 bridgehead atoms. The molecule has 0 radical (unpaired) electrons. The van der Waals surface area contributed by atoms with Crippen LogP contribution in [0, 0.1) is 6.92 Å². The number of fused-ring (bicyclic) bond motifs is 1. The van der Waals surface area contributed by atoms with E-state index in [2.05, 4.69) is 32.3 Å². The summed E-state index contributed by atoms with van der Waals surface area (Å²) in [5, 5.41) is 4.64. The van der Waals surface area contributed by atoms with Gasteiger partial charge in [0, 0.05) is 36.9 Å². The van der Waals surface area contributed by atoms with Crippen LogP contribution in [0.3, 0.4) is 0 Å². The van der Waals surface area contributed by atoms with Gasteiger partial charge in [-0.25, -0.2) is 15.0 Å². The van der Waals surface area contributed by atoms with Gasteiger partial charge in [0.1, 0.15) is 18.0 Å². The van der Waals surface area contributed by atoms with Crippen molar-refractivity contribution >= 4 is 28.0 Å². The van der Waals surface area contributed by atoms with Gasteiger partial charge < -0.3 is 19.9 Å². The lowest BCUT2D eigenvalue weighted by Crippen LogP contribution is -2.36. The zero-order valence-electron chi connectivity index (χ0n) is 19.8. The second-order valence-electron chi connectivity index (χ2n) is 8.70. The summed E-state index contributed by atoms with van der Waals surface area (Å²) in [6.07, 6.45) is 5.31. The molecule has 5 heterocycles. The summed E-state index contributed by atoms with van der Waals surface area (Å²) in [6.45, 7) is 5.17. The van der Waals surface area contributed by atoms with Gasteiger partial charge in [-0.2, -0.15) is 0 Å². The number of aromatic nitrogens is 5. The molecule has 5 aromatic rings. The lowest BCUT2D eigenvalue weighted by atomic mass is 10.1. The number of hydrogen-bond donors (Lipinski definition) is 2. The molecule has 1 aromatic carbocycles. The minimum Gasteiger partial charge on any atom is -0.378 e. The summed E-state index contributed by atoms with van der Waals surface area (Å²) in [6, 6.07) is 17.7. The van der Waals surface area contributed by atoms with Gasteiger partial charge in [0.15, 0.2) is 0 Å². The van der Waals surface area contributed by atoms with E-state index in [0.717, 1.165) is 54.6 Å². The second-order valence-corrected chi connectivity index (χ2v) is 8.70. The third-order valence-corrected chi connectivity index (χ3v) is 6.23. The number of imidazole rings is 1. The summed E-state index contributed by atoms with van der Waals surface area (Å²) in [5.74, 6) is 1.23. The Morgan fingerprint density at radius 3 is 2.61 bits per heavy atom. The van der Waals surface area contributed by atoms with Crippen LogP contribution in [-0.4, -0.2) is 50.8 Å². The Kier molecular flexibility index (Phi) is 5.67. The lowest BCUT2D eigenvalue weighted by Gasteiger charge is -2.28. The molecule has 9 heteroatoms. The molecule has 2 N–H and O–H groups in total. The van der Waals surface area contributed by atoms with Crippen molar-refractivity contribution < 1.29 is 4.74 Å². The standard InChI is InChI=1S/C27H25N7O2/c1-18-16-34(17-29-18)24-4-2-3-22(31-24)23-15-19-9-10-28-27(35)25(19)26(32-23)30-20-5-7-21(8-6-20)33-11-13-36-14-12-33/h2-10,15-17H,11-14H2,1H3,(H,28,35)(H,30,32). The quantitative estimate of drug-likeness (QED) is 0.392. The van der Waals surface area contributed by atoms with Crippen LogP contribution in [-0.2, 0) is 4.74 Å². The van der Waals surface area contributed by atoms with Gasteiger partial charge in [0.05, 0.1) is 35.7 Å². The average molecular weight is 480 g/mol. The monoisotopic (exact) mass is 479 g/mol. The normalized spacial score (nSPS) is 13.8. The first-order valence-corrected chi connectivity index (χ1v) is 11.8. The highest BCUT2D eigenvalue weighted by Crippen LogP contribution is 2.28. The summed E-state index contributed by atoms with van der Waals surface area (Å²) in [5.41, 5.74) is 4.07. The number of morpholine rings is 1. The molecule has 0 aliphatic carbocycles. The van der Waals surface area contributed by atoms with Crippen molar-refractivity contribution in [3.8, 4) is 17.2 Å². The molecule has 1 aliphatic heterocycles. The van der Waals surface area contributed by atoms with E-state index >= 15 is 0 Å². The van der Waals surface area contributed by atoms with Gasteiger partial charge >= 0.3 is 0 Å². The molecule has 0 unspecified atom stereocenters. The SMILES string of the molecule is Cc1cn(-c2cccc(-c3cc4cc[nH]c(=O)c4c(Nc4ccc(N5CCOCC5)cc4)n3)n2)cn1. The van der Waals surface area contributed by atoms with Crippen LogP contribution in [0.1, 0.15) is 5.69 Å². The Bertz CT molecular complexity index is 1580. The van der Waals surface area contributed by atoms with E-state index < -0.39 is 0 Å². The first-order valence-electron chi connectivity index (χ1n) is 11.8. The summed E-state index contributed by atoms with van der Waals surface area (Å²) >= 11 is 0. The molecule has 180 valence electrons. The topological polar surface area (TPSA) is 101 Å². The number of hydrogen-bond acceptors (Lipinski definition) is 7.